The minimum atomic E-state index is -0.162. The molecular weight excluding hydrogens is 452 g/mol. The second-order valence-corrected chi connectivity index (χ2v) is 10.3. The molecular formula is C30H38N2O4. The molecule has 192 valence electrons. The van der Waals surface area contributed by atoms with E-state index in [1.807, 2.05) is 0 Å². The molecule has 0 spiro atoms. The smallest absolute Gasteiger partial charge is 0.198 e. The molecule has 2 fully saturated rings. The van der Waals surface area contributed by atoms with E-state index in [2.05, 4.69) is 9.80 Å². The fraction of sp³-hybridized carbons (Fsp3) is 0.533. The molecule has 2 heterocycles. The zero-order valence-electron chi connectivity index (χ0n) is 21.3. The van der Waals surface area contributed by atoms with Crippen LogP contribution in [0.1, 0.15) is 83.2 Å². The predicted molar refractivity (Wildman–Crippen MR) is 141 cm³/mol. The lowest BCUT2D eigenvalue weighted by atomic mass is 9.83. The van der Waals surface area contributed by atoms with E-state index in [1.165, 1.54) is 51.6 Å². The van der Waals surface area contributed by atoms with E-state index in [0.717, 1.165) is 39.0 Å². The SMILES string of the molecule is O=C1c2ccc(OCCCN3CCCCC3)cc2C(=O)c2c(OCCCN3CCCCC3)cccc21. The molecule has 2 aliphatic heterocycles. The van der Waals surface area contributed by atoms with Crippen LogP contribution in [-0.2, 0) is 0 Å². The molecule has 3 aliphatic rings. The third-order valence-corrected chi connectivity index (χ3v) is 7.64. The molecule has 0 bridgehead atoms. The van der Waals surface area contributed by atoms with Gasteiger partial charge in [-0.2, -0.15) is 0 Å². The molecule has 5 rings (SSSR count). The van der Waals surface area contributed by atoms with Gasteiger partial charge in [-0.3, -0.25) is 9.59 Å². The minimum Gasteiger partial charge on any atom is -0.494 e. The summed E-state index contributed by atoms with van der Waals surface area (Å²) in [6, 6.07) is 10.6. The van der Waals surface area contributed by atoms with Crippen molar-refractivity contribution in [2.24, 2.45) is 0 Å². The van der Waals surface area contributed by atoms with E-state index < -0.39 is 0 Å². The number of rotatable bonds is 10. The Bertz CT molecular complexity index is 1070. The van der Waals surface area contributed by atoms with Gasteiger partial charge < -0.3 is 19.3 Å². The predicted octanol–water partition coefficient (Wildman–Crippen LogP) is 4.97. The Labute approximate surface area is 214 Å². The number of piperidine rings is 2. The summed E-state index contributed by atoms with van der Waals surface area (Å²) in [5, 5.41) is 0. The highest BCUT2D eigenvalue weighted by Crippen LogP contribution is 2.35. The van der Waals surface area contributed by atoms with E-state index >= 15 is 0 Å². The first-order valence-electron chi connectivity index (χ1n) is 13.8. The lowest BCUT2D eigenvalue weighted by Crippen LogP contribution is -2.31. The third kappa shape index (κ3) is 5.81. The molecule has 6 nitrogen and oxygen atoms in total. The first-order valence-corrected chi connectivity index (χ1v) is 13.8. The topological polar surface area (TPSA) is 59.1 Å². The molecule has 36 heavy (non-hydrogen) atoms. The van der Waals surface area contributed by atoms with Crippen molar-refractivity contribution in [3.8, 4) is 11.5 Å². The van der Waals surface area contributed by atoms with E-state index in [9.17, 15) is 9.59 Å². The van der Waals surface area contributed by atoms with Crippen molar-refractivity contribution in [1.82, 2.24) is 9.80 Å². The molecule has 1 aliphatic carbocycles. The second kappa shape index (κ2) is 12.0. The van der Waals surface area contributed by atoms with Crippen molar-refractivity contribution in [2.75, 3.05) is 52.5 Å². The van der Waals surface area contributed by atoms with Gasteiger partial charge in [-0.1, -0.05) is 25.0 Å². The monoisotopic (exact) mass is 490 g/mol. The van der Waals surface area contributed by atoms with Crippen LogP contribution in [0.2, 0.25) is 0 Å². The molecule has 0 saturated carbocycles. The summed E-state index contributed by atoms with van der Waals surface area (Å²) in [6.07, 6.45) is 9.62. The maximum absolute atomic E-state index is 13.5. The number of fused-ring (bicyclic) bond motifs is 2. The first kappa shape index (κ1) is 25.0. The van der Waals surface area contributed by atoms with Crippen molar-refractivity contribution >= 4 is 11.6 Å². The van der Waals surface area contributed by atoms with Gasteiger partial charge in [0.15, 0.2) is 11.6 Å². The number of ketones is 2. The summed E-state index contributed by atoms with van der Waals surface area (Å²) in [5.41, 5.74) is 1.66. The first-order chi connectivity index (χ1) is 17.7. The van der Waals surface area contributed by atoms with Crippen molar-refractivity contribution in [3.63, 3.8) is 0 Å². The Morgan fingerprint density at radius 2 is 1.28 bits per heavy atom. The molecule has 6 heteroatoms. The van der Waals surface area contributed by atoms with Crippen LogP contribution in [0.3, 0.4) is 0 Å². The normalized spacial score (nSPS) is 18.6. The average Bonchev–Trinajstić information content (AvgIpc) is 2.93. The number of hydrogen-bond donors (Lipinski definition) is 0. The van der Waals surface area contributed by atoms with Gasteiger partial charge in [0, 0.05) is 29.8 Å². The number of carbonyl (C=O) groups is 2. The van der Waals surface area contributed by atoms with Crippen LogP contribution in [0.5, 0.6) is 11.5 Å². The molecule has 2 aromatic carbocycles. The number of ether oxygens (including phenoxy) is 2. The zero-order valence-corrected chi connectivity index (χ0v) is 21.3. The van der Waals surface area contributed by atoms with Crippen LogP contribution in [0.4, 0.5) is 0 Å². The van der Waals surface area contributed by atoms with Crippen LogP contribution < -0.4 is 9.47 Å². The Morgan fingerprint density at radius 1 is 0.639 bits per heavy atom. The summed E-state index contributed by atoms with van der Waals surface area (Å²) < 4.78 is 12.0. The number of nitrogens with zero attached hydrogens (tertiary/aromatic N) is 2. The fourth-order valence-corrected chi connectivity index (χ4v) is 5.67. The molecule has 2 saturated heterocycles. The summed E-state index contributed by atoms with van der Waals surface area (Å²) in [5.74, 6) is 0.847. The van der Waals surface area contributed by atoms with Crippen molar-refractivity contribution < 1.29 is 19.1 Å². The van der Waals surface area contributed by atoms with Gasteiger partial charge in [-0.05, 0) is 89.0 Å². The van der Waals surface area contributed by atoms with Gasteiger partial charge >= 0.3 is 0 Å². The molecule has 0 atom stereocenters. The number of likely N-dealkylation sites (tertiary alicyclic amines) is 2. The van der Waals surface area contributed by atoms with E-state index in [-0.39, 0.29) is 11.6 Å². The summed E-state index contributed by atoms with van der Waals surface area (Å²) >= 11 is 0. The second-order valence-electron chi connectivity index (χ2n) is 10.3. The molecule has 2 aromatic rings. The summed E-state index contributed by atoms with van der Waals surface area (Å²) in [7, 11) is 0. The maximum Gasteiger partial charge on any atom is 0.198 e. The zero-order chi connectivity index (χ0) is 24.7. The minimum absolute atomic E-state index is 0.130. The van der Waals surface area contributed by atoms with Crippen molar-refractivity contribution in [1.29, 1.82) is 0 Å². The standard InChI is InChI=1S/C30H38N2O4/c33-29-24-13-12-23(35-20-8-18-31-14-3-1-4-15-31)22-26(24)30(34)28-25(29)10-7-11-27(28)36-21-9-19-32-16-5-2-6-17-32/h7,10-13,22H,1-6,8-9,14-21H2. The van der Waals surface area contributed by atoms with E-state index in [0.29, 0.717) is 47.0 Å². The molecule has 0 unspecified atom stereocenters. The van der Waals surface area contributed by atoms with Crippen LogP contribution in [0.15, 0.2) is 36.4 Å². The molecule has 0 N–H and O–H groups in total. The molecule has 0 amide bonds. The number of carbonyl (C=O) groups excluding carboxylic acids is 2. The Kier molecular flexibility index (Phi) is 8.34. The fourth-order valence-electron chi connectivity index (χ4n) is 5.67. The highest BCUT2D eigenvalue weighted by atomic mass is 16.5. The lowest BCUT2D eigenvalue weighted by Gasteiger charge is -2.26. The highest BCUT2D eigenvalue weighted by Gasteiger charge is 2.32. The van der Waals surface area contributed by atoms with Gasteiger partial charge in [0.25, 0.3) is 0 Å². The van der Waals surface area contributed by atoms with E-state index in [4.69, 9.17) is 9.47 Å². The Morgan fingerprint density at radius 3 is 1.94 bits per heavy atom. The van der Waals surface area contributed by atoms with Gasteiger partial charge in [0.05, 0.1) is 18.8 Å². The molecule has 0 radical (unpaired) electrons. The third-order valence-electron chi connectivity index (χ3n) is 7.64. The van der Waals surface area contributed by atoms with Crippen LogP contribution in [0, 0.1) is 0 Å². The van der Waals surface area contributed by atoms with Gasteiger partial charge in [0.1, 0.15) is 11.5 Å². The Hall–Kier alpha value is -2.70. The van der Waals surface area contributed by atoms with E-state index in [1.54, 1.807) is 36.4 Å². The summed E-state index contributed by atoms with van der Waals surface area (Å²) in [4.78, 5) is 31.7. The average molecular weight is 491 g/mol. The van der Waals surface area contributed by atoms with Crippen LogP contribution in [0.25, 0.3) is 0 Å². The number of benzene rings is 2. The summed E-state index contributed by atoms with van der Waals surface area (Å²) in [6.45, 7) is 7.84. The largest absolute Gasteiger partial charge is 0.494 e. The maximum atomic E-state index is 13.5. The Balaban J connectivity index is 1.21. The van der Waals surface area contributed by atoms with Crippen LogP contribution in [-0.4, -0.2) is 73.8 Å². The van der Waals surface area contributed by atoms with Crippen LogP contribution >= 0.6 is 0 Å². The van der Waals surface area contributed by atoms with Crippen molar-refractivity contribution in [2.45, 2.75) is 51.4 Å². The van der Waals surface area contributed by atoms with Gasteiger partial charge in [0.2, 0.25) is 0 Å². The van der Waals surface area contributed by atoms with Gasteiger partial charge in [-0.15, -0.1) is 0 Å². The quantitative estimate of drug-likeness (QED) is 0.374. The molecule has 0 aromatic heterocycles. The lowest BCUT2D eigenvalue weighted by molar-refractivity contribution is 0.0975. The number of hydrogen-bond acceptors (Lipinski definition) is 6. The highest BCUT2D eigenvalue weighted by molar-refractivity contribution is 6.29. The van der Waals surface area contributed by atoms with Gasteiger partial charge in [-0.25, -0.2) is 0 Å². The van der Waals surface area contributed by atoms with Crippen molar-refractivity contribution in [3.05, 3.63) is 58.7 Å².